The van der Waals surface area contributed by atoms with Gasteiger partial charge in [0, 0.05) is 16.8 Å². The summed E-state index contributed by atoms with van der Waals surface area (Å²) in [6.45, 7) is 2.81. The van der Waals surface area contributed by atoms with E-state index in [-0.39, 0.29) is 0 Å². The van der Waals surface area contributed by atoms with Crippen LogP contribution in [0.25, 0.3) is 0 Å². The van der Waals surface area contributed by atoms with E-state index in [1.807, 2.05) is 19.1 Å². The second kappa shape index (κ2) is 5.50. The summed E-state index contributed by atoms with van der Waals surface area (Å²) in [6, 6.07) is 8.18. The molecule has 0 amide bonds. The smallest absolute Gasteiger partial charge is 0.177 e. The number of thioether (sulfide) groups is 1. The minimum absolute atomic E-state index is 0.790. The number of hydrogen-bond acceptors (Lipinski definition) is 3. The molecule has 1 N–H and O–H groups in total. The Labute approximate surface area is 108 Å². The van der Waals surface area contributed by atoms with Crippen molar-refractivity contribution in [2.75, 3.05) is 12.3 Å². The van der Waals surface area contributed by atoms with Crippen LogP contribution in [-0.2, 0) is 0 Å². The maximum atomic E-state index is 4.33. The number of nitrogens with zero attached hydrogens (tertiary/aromatic N) is 2. The molecule has 16 heavy (non-hydrogen) atoms. The highest BCUT2D eigenvalue weighted by molar-refractivity contribution is 9.10. The normalized spacial score (nSPS) is 18.1. The van der Waals surface area contributed by atoms with Crippen molar-refractivity contribution in [3.63, 3.8) is 0 Å². The molecule has 0 spiro atoms. The first-order chi connectivity index (χ1) is 7.79. The number of aliphatic imine (C=N–C) groups is 1. The Morgan fingerprint density at radius 2 is 2.19 bits per heavy atom. The van der Waals surface area contributed by atoms with Crippen LogP contribution in [0.4, 0.5) is 0 Å². The SMILES string of the molecule is CCN=C1NN=C(c2ccc(Br)cc2)CS1. The quantitative estimate of drug-likeness (QED) is 0.911. The van der Waals surface area contributed by atoms with Crippen molar-refractivity contribution in [2.24, 2.45) is 10.1 Å². The Morgan fingerprint density at radius 3 is 2.75 bits per heavy atom. The van der Waals surface area contributed by atoms with Crippen LogP contribution in [0.1, 0.15) is 12.5 Å². The van der Waals surface area contributed by atoms with Crippen LogP contribution in [0.5, 0.6) is 0 Å². The van der Waals surface area contributed by atoms with Gasteiger partial charge in [0.2, 0.25) is 0 Å². The van der Waals surface area contributed by atoms with Crippen molar-refractivity contribution in [2.45, 2.75) is 6.92 Å². The fourth-order valence-electron chi connectivity index (χ4n) is 1.33. The van der Waals surface area contributed by atoms with Gasteiger partial charge in [-0.25, -0.2) is 0 Å². The molecule has 1 aromatic rings. The first-order valence-corrected chi connectivity index (χ1v) is 6.83. The molecule has 1 aliphatic rings. The molecular weight excluding hydrogens is 286 g/mol. The molecule has 5 heteroatoms. The van der Waals surface area contributed by atoms with Crippen LogP contribution < -0.4 is 5.43 Å². The Bertz CT molecular complexity index is 425. The molecule has 0 aliphatic carbocycles. The summed E-state index contributed by atoms with van der Waals surface area (Å²) in [7, 11) is 0. The van der Waals surface area contributed by atoms with E-state index >= 15 is 0 Å². The van der Waals surface area contributed by atoms with Gasteiger partial charge in [0.15, 0.2) is 5.17 Å². The van der Waals surface area contributed by atoms with Gasteiger partial charge in [-0.1, -0.05) is 39.8 Å². The van der Waals surface area contributed by atoms with Gasteiger partial charge in [-0.15, -0.1) is 0 Å². The highest BCUT2D eigenvalue weighted by Gasteiger charge is 2.12. The molecule has 0 unspecified atom stereocenters. The Morgan fingerprint density at radius 1 is 1.44 bits per heavy atom. The predicted molar refractivity (Wildman–Crippen MR) is 74.2 cm³/mol. The van der Waals surface area contributed by atoms with Crippen molar-refractivity contribution >= 4 is 38.6 Å². The second-order valence-corrected chi connectivity index (χ2v) is 5.13. The van der Waals surface area contributed by atoms with E-state index in [1.165, 1.54) is 0 Å². The second-order valence-electron chi connectivity index (χ2n) is 3.25. The molecule has 0 saturated carbocycles. The molecule has 3 nitrogen and oxygen atoms in total. The van der Waals surface area contributed by atoms with Gasteiger partial charge in [-0.2, -0.15) is 5.10 Å². The van der Waals surface area contributed by atoms with E-state index in [9.17, 15) is 0 Å². The van der Waals surface area contributed by atoms with Crippen molar-refractivity contribution in [3.05, 3.63) is 34.3 Å². The molecule has 0 saturated heterocycles. The minimum Gasteiger partial charge on any atom is -0.262 e. The Kier molecular flexibility index (Phi) is 4.01. The van der Waals surface area contributed by atoms with E-state index in [2.05, 4.69) is 43.6 Å². The molecule has 0 bridgehead atoms. The Hall–Kier alpha value is -0.810. The summed E-state index contributed by atoms with van der Waals surface area (Å²) in [5, 5.41) is 5.24. The van der Waals surface area contributed by atoms with Crippen molar-refractivity contribution in [1.82, 2.24) is 5.43 Å². The number of hydrazone groups is 1. The van der Waals surface area contributed by atoms with Gasteiger partial charge in [-0.3, -0.25) is 10.4 Å². The van der Waals surface area contributed by atoms with E-state index in [1.54, 1.807) is 11.8 Å². The maximum absolute atomic E-state index is 4.33. The molecular formula is C11H12BrN3S. The maximum Gasteiger partial charge on any atom is 0.177 e. The van der Waals surface area contributed by atoms with Gasteiger partial charge in [0.1, 0.15) is 0 Å². The summed E-state index contributed by atoms with van der Waals surface area (Å²) in [4.78, 5) is 4.28. The lowest BCUT2D eigenvalue weighted by Crippen LogP contribution is -2.25. The van der Waals surface area contributed by atoms with Gasteiger partial charge >= 0.3 is 0 Å². The largest absolute Gasteiger partial charge is 0.262 e. The highest BCUT2D eigenvalue weighted by atomic mass is 79.9. The standard InChI is InChI=1S/C11H12BrN3S/c1-2-13-11-15-14-10(7-16-11)8-3-5-9(12)6-4-8/h3-6H,2,7H2,1H3,(H,13,15). The molecule has 1 aliphatic heterocycles. The minimum atomic E-state index is 0.790. The van der Waals surface area contributed by atoms with Crippen LogP contribution in [0.15, 0.2) is 38.8 Å². The summed E-state index contributed by atoms with van der Waals surface area (Å²) in [5.41, 5.74) is 5.19. The lowest BCUT2D eigenvalue weighted by molar-refractivity contribution is 1.00. The summed E-state index contributed by atoms with van der Waals surface area (Å²) in [5.74, 6) is 0.869. The fraction of sp³-hybridized carbons (Fsp3) is 0.273. The lowest BCUT2D eigenvalue weighted by Gasteiger charge is -2.14. The zero-order valence-electron chi connectivity index (χ0n) is 8.90. The van der Waals surface area contributed by atoms with Crippen molar-refractivity contribution in [3.8, 4) is 0 Å². The average Bonchev–Trinajstić information content (AvgIpc) is 2.32. The van der Waals surface area contributed by atoms with E-state index in [0.29, 0.717) is 0 Å². The number of amidine groups is 1. The summed E-state index contributed by atoms with van der Waals surface area (Å²) >= 11 is 5.11. The number of halogens is 1. The number of hydrogen-bond donors (Lipinski definition) is 1. The zero-order valence-corrected chi connectivity index (χ0v) is 11.3. The number of benzene rings is 1. The first kappa shape index (κ1) is 11.7. The van der Waals surface area contributed by atoms with Gasteiger partial charge < -0.3 is 0 Å². The topological polar surface area (TPSA) is 36.8 Å². The third kappa shape index (κ3) is 2.86. The van der Waals surface area contributed by atoms with Crippen LogP contribution >= 0.6 is 27.7 Å². The monoisotopic (exact) mass is 297 g/mol. The number of rotatable bonds is 2. The molecule has 84 valence electrons. The summed E-state index contributed by atoms with van der Waals surface area (Å²) in [6.07, 6.45) is 0. The van der Waals surface area contributed by atoms with Gasteiger partial charge in [0.25, 0.3) is 0 Å². The zero-order chi connectivity index (χ0) is 11.4. The van der Waals surface area contributed by atoms with Crippen LogP contribution in [0.2, 0.25) is 0 Å². The number of nitrogens with one attached hydrogen (secondary N) is 1. The molecule has 0 atom stereocenters. The molecule has 0 radical (unpaired) electrons. The molecule has 0 aromatic heterocycles. The molecule has 1 heterocycles. The fourth-order valence-corrected chi connectivity index (χ4v) is 2.43. The lowest BCUT2D eigenvalue weighted by atomic mass is 10.1. The summed E-state index contributed by atoms with van der Waals surface area (Å²) < 4.78 is 1.08. The van der Waals surface area contributed by atoms with E-state index in [0.717, 1.165) is 33.2 Å². The van der Waals surface area contributed by atoms with Crippen molar-refractivity contribution in [1.29, 1.82) is 0 Å². The van der Waals surface area contributed by atoms with Crippen LogP contribution in [0, 0.1) is 0 Å². The molecule has 2 rings (SSSR count). The van der Waals surface area contributed by atoms with Gasteiger partial charge in [0.05, 0.1) is 5.71 Å². The Balaban J connectivity index is 2.13. The van der Waals surface area contributed by atoms with Crippen LogP contribution in [0.3, 0.4) is 0 Å². The first-order valence-electron chi connectivity index (χ1n) is 5.05. The van der Waals surface area contributed by atoms with Crippen LogP contribution in [-0.4, -0.2) is 23.2 Å². The van der Waals surface area contributed by atoms with Gasteiger partial charge in [-0.05, 0) is 24.6 Å². The third-order valence-corrected chi connectivity index (χ3v) is 3.55. The average molecular weight is 298 g/mol. The highest BCUT2D eigenvalue weighted by Crippen LogP contribution is 2.16. The predicted octanol–water partition coefficient (Wildman–Crippen LogP) is 2.87. The third-order valence-electron chi connectivity index (χ3n) is 2.11. The van der Waals surface area contributed by atoms with E-state index in [4.69, 9.17) is 0 Å². The van der Waals surface area contributed by atoms with Crippen molar-refractivity contribution < 1.29 is 0 Å². The van der Waals surface area contributed by atoms with E-state index < -0.39 is 0 Å². The molecule has 1 aromatic carbocycles. The molecule has 0 fully saturated rings.